The highest BCUT2D eigenvalue weighted by molar-refractivity contribution is 7.99. The number of carbonyl (C=O) groups excluding carboxylic acids is 2. The fourth-order valence-corrected chi connectivity index (χ4v) is 5.58. The summed E-state index contributed by atoms with van der Waals surface area (Å²) < 4.78 is 0. The largest absolute Gasteiger partial charge is 0.356 e. The number of ketones is 1. The van der Waals surface area contributed by atoms with Crippen molar-refractivity contribution in [1.29, 1.82) is 0 Å². The zero-order valence-electron chi connectivity index (χ0n) is 20.6. The third-order valence-electron chi connectivity index (χ3n) is 6.07. The van der Waals surface area contributed by atoms with Gasteiger partial charge in [0.2, 0.25) is 5.91 Å². The van der Waals surface area contributed by atoms with Crippen molar-refractivity contribution in [2.75, 3.05) is 42.8 Å². The molecule has 35 heavy (non-hydrogen) atoms. The standard InChI is InChI=1S/C27H33N5O2S/c1-18(33)29-24-17-20(9-11-28-24)26-27(30-21-7-5-4-6-8-21)25-22(31-26)15-19(16-23(25)34)10-13-35-14-12-32(2)3/h4-9,11,17,19,30-31H,10,12-16H2,1-3H3,(H,28,29,33). The molecule has 0 fully saturated rings. The van der Waals surface area contributed by atoms with Crippen LogP contribution in [0.5, 0.6) is 0 Å². The molecule has 2 heterocycles. The van der Waals surface area contributed by atoms with E-state index >= 15 is 0 Å². The quantitative estimate of drug-likeness (QED) is 0.337. The summed E-state index contributed by atoms with van der Waals surface area (Å²) in [4.78, 5) is 35.0. The SMILES string of the molecule is CC(=O)Nc1cc(-c2[nH]c3c(c2Nc2ccccc2)C(=O)CC(CCSCCN(C)C)C3)ccn1. The van der Waals surface area contributed by atoms with Crippen LogP contribution < -0.4 is 10.6 Å². The first kappa shape index (κ1) is 25.0. The zero-order chi connectivity index (χ0) is 24.8. The van der Waals surface area contributed by atoms with Crippen LogP contribution in [0.15, 0.2) is 48.7 Å². The number of thioether (sulfide) groups is 1. The number of rotatable bonds is 10. The number of Topliss-reactive ketones (excluding diaryl/α,β-unsaturated/α-hetero) is 1. The molecule has 0 spiro atoms. The van der Waals surface area contributed by atoms with Crippen LogP contribution in [0, 0.1) is 5.92 Å². The molecule has 1 unspecified atom stereocenters. The number of aromatic nitrogens is 2. The zero-order valence-corrected chi connectivity index (χ0v) is 21.4. The maximum absolute atomic E-state index is 13.4. The number of anilines is 3. The van der Waals surface area contributed by atoms with Gasteiger partial charge in [0.1, 0.15) is 5.82 Å². The number of fused-ring (bicyclic) bond motifs is 1. The molecular weight excluding hydrogens is 458 g/mol. The summed E-state index contributed by atoms with van der Waals surface area (Å²) >= 11 is 1.95. The molecule has 1 aliphatic rings. The van der Waals surface area contributed by atoms with E-state index in [0.717, 1.165) is 64.8 Å². The van der Waals surface area contributed by atoms with Gasteiger partial charge in [-0.15, -0.1) is 0 Å². The molecule has 3 N–H and O–H groups in total. The van der Waals surface area contributed by atoms with Crippen LogP contribution in [0.1, 0.15) is 35.8 Å². The van der Waals surface area contributed by atoms with Gasteiger partial charge in [0, 0.05) is 48.8 Å². The first-order chi connectivity index (χ1) is 16.9. The molecule has 3 aromatic rings. The van der Waals surface area contributed by atoms with Gasteiger partial charge in [-0.25, -0.2) is 4.98 Å². The second-order valence-electron chi connectivity index (χ2n) is 9.23. The van der Waals surface area contributed by atoms with E-state index in [1.54, 1.807) is 6.20 Å². The van der Waals surface area contributed by atoms with E-state index in [0.29, 0.717) is 18.2 Å². The number of para-hydroxylation sites is 1. The van der Waals surface area contributed by atoms with Crippen LogP contribution in [0.4, 0.5) is 17.2 Å². The van der Waals surface area contributed by atoms with Gasteiger partial charge in [-0.2, -0.15) is 11.8 Å². The molecule has 1 atom stereocenters. The Morgan fingerprint density at radius 1 is 1.17 bits per heavy atom. The summed E-state index contributed by atoms with van der Waals surface area (Å²) in [5, 5.41) is 6.23. The average Bonchev–Trinajstić information content (AvgIpc) is 3.18. The molecule has 7 nitrogen and oxygen atoms in total. The van der Waals surface area contributed by atoms with E-state index in [1.807, 2.05) is 54.2 Å². The summed E-state index contributed by atoms with van der Waals surface area (Å²) in [5.41, 5.74) is 5.13. The van der Waals surface area contributed by atoms with E-state index in [1.165, 1.54) is 6.92 Å². The lowest BCUT2D eigenvalue weighted by Crippen LogP contribution is -2.21. The highest BCUT2D eigenvalue weighted by Gasteiger charge is 2.31. The van der Waals surface area contributed by atoms with Crippen LogP contribution in [0.3, 0.4) is 0 Å². The first-order valence-electron chi connectivity index (χ1n) is 12.0. The van der Waals surface area contributed by atoms with Gasteiger partial charge in [0.05, 0.1) is 16.9 Å². The Bertz CT molecular complexity index is 1180. The lowest BCUT2D eigenvalue weighted by atomic mass is 9.84. The molecule has 0 aliphatic heterocycles. The number of H-pyrrole nitrogens is 1. The molecule has 8 heteroatoms. The number of nitrogens with zero attached hydrogens (tertiary/aromatic N) is 2. The van der Waals surface area contributed by atoms with Crippen molar-refractivity contribution in [3.05, 3.63) is 59.9 Å². The average molecular weight is 492 g/mol. The number of aromatic amines is 1. The molecular formula is C27H33N5O2S. The van der Waals surface area contributed by atoms with Crippen LogP contribution in [0.2, 0.25) is 0 Å². The van der Waals surface area contributed by atoms with Crippen LogP contribution in [0.25, 0.3) is 11.3 Å². The fraction of sp³-hybridized carbons (Fsp3) is 0.370. The van der Waals surface area contributed by atoms with E-state index in [4.69, 9.17) is 0 Å². The summed E-state index contributed by atoms with van der Waals surface area (Å²) in [6, 6.07) is 13.6. The molecule has 4 rings (SSSR count). The monoisotopic (exact) mass is 491 g/mol. The third-order valence-corrected chi connectivity index (χ3v) is 7.07. The van der Waals surface area contributed by atoms with Crippen molar-refractivity contribution in [3.63, 3.8) is 0 Å². The number of pyridine rings is 1. The van der Waals surface area contributed by atoms with E-state index in [-0.39, 0.29) is 11.7 Å². The van der Waals surface area contributed by atoms with E-state index < -0.39 is 0 Å². The highest BCUT2D eigenvalue weighted by Crippen LogP contribution is 2.41. The molecule has 184 valence electrons. The van der Waals surface area contributed by atoms with Crippen molar-refractivity contribution < 1.29 is 9.59 Å². The van der Waals surface area contributed by atoms with Crippen molar-refractivity contribution in [2.24, 2.45) is 5.92 Å². The number of nitrogens with one attached hydrogen (secondary N) is 3. The summed E-state index contributed by atoms with van der Waals surface area (Å²) in [5.74, 6) is 2.98. The van der Waals surface area contributed by atoms with Gasteiger partial charge in [-0.1, -0.05) is 18.2 Å². The van der Waals surface area contributed by atoms with Gasteiger partial charge in [-0.3, -0.25) is 9.59 Å². The molecule has 1 amide bonds. The van der Waals surface area contributed by atoms with Crippen molar-refractivity contribution in [1.82, 2.24) is 14.9 Å². The summed E-state index contributed by atoms with van der Waals surface area (Å²) in [6.07, 6.45) is 4.11. The minimum Gasteiger partial charge on any atom is -0.356 e. The molecule has 1 aromatic carbocycles. The van der Waals surface area contributed by atoms with E-state index in [2.05, 4.69) is 39.6 Å². The van der Waals surface area contributed by atoms with Crippen LogP contribution in [-0.4, -0.2) is 58.7 Å². The lowest BCUT2D eigenvalue weighted by molar-refractivity contribution is -0.114. The van der Waals surface area contributed by atoms with E-state index in [9.17, 15) is 9.59 Å². The van der Waals surface area contributed by atoms with Gasteiger partial charge in [-0.05, 0) is 62.9 Å². The summed E-state index contributed by atoms with van der Waals surface area (Å²) in [6.45, 7) is 2.53. The van der Waals surface area contributed by atoms with Crippen molar-refractivity contribution >= 4 is 40.6 Å². The van der Waals surface area contributed by atoms with Gasteiger partial charge < -0.3 is 20.5 Å². The molecule has 0 saturated heterocycles. The Hall–Kier alpha value is -3.10. The normalized spacial score (nSPS) is 15.2. The maximum atomic E-state index is 13.4. The summed E-state index contributed by atoms with van der Waals surface area (Å²) in [7, 11) is 4.18. The Labute approximate surface area is 211 Å². The lowest BCUT2D eigenvalue weighted by Gasteiger charge is -2.22. The molecule has 2 aromatic heterocycles. The Morgan fingerprint density at radius 3 is 2.71 bits per heavy atom. The van der Waals surface area contributed by atoms with Gasteiger partial charge in [0.25, 0.3) is 0 Å². The molecule has 0 radical (unpaired) electrons. The van der Waals surface area contributed by atoms with Crippen LogP contribution >= 0.6 is 11.8 Å². The minimum atomic E-state index is -0.176. The fourth-order valence-electron chi connectivity index (χ4n) is 4.38. The first-order valence-corrected chi connectivity index (χ1v) is 13.1. The third kappa shape index (κ3) is 6.52. The minimum absolute atomic E-state index is 0.173. The number of amides is 1. The Balaban J connectivity index is 1.61. The predicted octanol–water partition coefficient (Wildman–Crippen LogP) is 5.21. The Kier molecular flexibility index (Phi) is 8.25. The van der Waals surface area contributed by atoms with Crippen molar-refractivity contribution in [2.45, 2.75) is 26.2 Å². The van der Waals surface area contributed by atoms with Gasteiger partial charge >= 0.3 is 0 Å². The number of benzene rings is 1. The second kappa shape index (κ2) is 11.6. The molecule has 1 aliphatic carbocycles. The number of hydrogen-bond donors (Lipinski definition) is 3. The highest BCUT2D eigenvalue weighted by atomic mass is 32.2. The predicted molar refractivity (Wildman–Crippen MR) is 145 cm³/mol. The topological polar surface area (TPSA) is 90.1 Å². The molecule has 0 saturated carbocycles. The Morgan fingerprint density at radius 2 is 1.97 bits per heavy atom. The number of carbonyl (C=O) groups is 2. The smallest absolute Gasteiger partial charge is 0.222 e. The maximum Gasteiger partial charge on any atom is 0.222 e. The second-order valence-corrected chi connectivity index (χ2v) is 10.5. The van der Waals surface area contributed by atoms with Crippen molar-refractivity contribution in [3.8, 4) is 11.3 Å². The van der Waals surface area contributed by atoms with Gasteiger partial charge in [0.15, 0.2) is 5.78 Å². The van der Waals surface area contributed by atoms with Crippen LogP contribution in [-0.2, 0) is 11.2 Å². The molecule has 0 bridgehead atoms. The number of hydrogen-bond acceptors (Lipinski definition) is 6.